The van der Waals surface area contributed by atoms with Gasteiger partial charge in [0.25, 0.3) is 0 Å². The summed E-state index contributed by atoms with van der Waals surface area (Å²) in [5.74, 6) is 1.43. The van der Waals surface area contributed by atoms with E-state index in [4.69, 9.17) is 11.6 Å². The molecule has 108 valence electrons. The number of carbonyl (C=O) groups is 1. The molecule has 4 nitrogen and oxygen atoms in total. The number of anilines is 1. The van der Waals surface area contributed by atoms with E-state index in [9.17, 15) is 4.79 Å². The van der Waals surface area contributed by atoms with E-state index in [-0.39, 0.29) is 12.0 Å². The number of amides is 1. The molecule has 3 rings (SSSR count). The van der Waals surface area contributed by atoms with Gasteiger partial charge in [-0.2, -0.15) is 0 Å². The average Bonchev–Trinajstić information content (AvgIpc) is 3.31. The fraction of sp³-hybridized carbons (Fsp3) is 0.600. The number of nitrogens with zero attached hydrogens (tertiary/aromatic N) is 3. The van der Waals surface area contributed by atoms with Gasteiger partial charge in [0.1, 0.15) is 5.82 Å². The Morgan fingerprint density at radius 3 is 2.95 bits per heavy atom. The number of likely N-dealkylation sites (N-methyl/N-ethyl adjacent to an activating group) is 1. The van der Waals surface area contributed by atoms with Crippen LogP contribution in [0.2, 0.25) is 5.02 Å². The quantitative estimate of drug-likeness (QED) is 0.859. The van der Waals surface area contributed by atoms with Crippen molar-refractivity contribution in [2.75, 3.05) is 25.0 Å². The lowest BCUT2D eigenvalue weighted by molar-refractivity contribution is -0.133. The molecule has 20 heavy (non-hydrogen) atoms. The van der Waals surface area contributed by atoms with Gasteiger partial charge in [-0.05, 0) is 37.8 Å². The molecule has 1 aromatic rings. The van der Waals surface area contributed by atoms with E-state index in [1.807, 2.05) is 24.1 Å². The van der Waals surface area contributed by atoms with E-state index in [1.54, 1.807) is 6.20 Å². The second-order valence-corrected chi connectivity index (χ2v) is 6.18. The molecule has 0 bridgehead atoms. The summed E-state index contributed by atoms with van der Waals surface area (Å²) >= 11 is 6.22. The van der Waals surface area contributed by atoms with Crippen LogP contribution >= 0.6 is 11.6 Å². The van der Waals surface area contributed by atoms with Gasteiger partial charge in [0, 0.05) is 38.3 Å². The number of hydrogen-bond donors (Lipinski definition) is 0. The Balaban J connectivity index is 1.70. The Bertz CT molecular complexity index is 504. The molecule has 1 atom stereocenters. The van der Waals surface area contributed by atoms with E-state index in [0.717, 1.165) is 44.6 Å². The van der Waals surface area contributed by atoms with Gasteiger partial charge >= 0.3 is 0 Å². The Kier molecular flexibility index (Phi) is 3.83. The van der Waals surface area contributed by atoms with Crippen LogP contribution in [0.1, 0.15) is 25.7 Å². The number of pyridine rings is 1. The number of halogens is 1. The van der Waals surface area contributed by atoms with Gasteiger partial charge in [0.05, 0.1) is 5.02 Å². The SMILES string of the molecule is CN(C(=O)C1CC1)C1CCCN(c2ncccc2Cl)C1. The van der Waals surface area contributed by atoms with Crippen LogP contribution in [0.5, 0.6) is 0 Å². The Hall–Kier alpha value is -1.29. The van der Waals surface area contributed by atoms with Gasteiger partial charge in [-0.3, -0.25) is 4.79 Å². The lowest BCUT2D eigenvalue weighted by atomic mass is 10.0. The minimum Gasteiger partial charge on any atom is -0.353 e. The fourth-order valence-electron chi connectivity index (χ4n) is 2.87. The highest BCUT2D eigenvalue weighted by Crippen LogP contribution is 2.33. The number of hydrogen-bond acceptors (Lipinski definition) is 3. The number of aromatic nitrogens is 1. The summed E-state index contributed by atoms with van der Waals surface area (Å²) in [5.41, 5.74) is 0. The first-order valence-corrected chi connectivity index (χ1v) is 7.66. The van der Waals surface area contributed by atoms with Crippen molar-refractivity contribution in [3.63, 3.8) is 0 Å². The van der Waals surface area contributed by atoms with Crippen LogP contribution in [0.3, 0.4) is 0 Å². The third-order valence-electron chi connectivity index (χ3n) is 4.26. The van der Waals surface area contributed by atoms with Crippen molar-refractivity contribution in [3.8, 4) is 0 Å². The topological polar surface area (TPSA) is 36.4 Å². The van der Waals surface area contributed by atoms with Crippen LogP contribution in [0.15, 0.2) is 18.3 Å². The van der Waals surface area contributed by atoms with Gasteiger partial charge in [-0.15, -0.1) is 0 Å². The average molecular weight is 294 g/mol. The third kappa shape index (κ3) is 2.75. The predicted molar refractivity (Wildman–Crippen MR) is 80.0 cm³/mol. The standard InChI is InChI=1S/C15H20ClN3O/c1-18(15(20)11-6-7-11)12-4-3-9-19(10-12)14-13(16)5-2-8-17-14/h2,5,8,11-12H,3-4,6-7,9-10H2,1H3. The van der Waals surface area contributed by atoms with Crippen LogP contribution in [0, 0.1) is 5.92 Å². The molecule has 0 aromatic carbocycles. The maximum Gasteiger partial charge on any atom is 0.225 e. The molecule has 1 amide bonds. The molecule has 0 radical (unpaired) electrons. The highest BCUT2D eigenvalue weighted by Gasteiger charge is 2.36. The predicted octanol–water partition coefficient (Wildman–Crippen LogP) is 2.57. The summed E-state index contributed by atoms with van der Waals surface area (Å²) in [5, 5.41) is 0.685. The van der Waals surface area contributed by atoms with E-state index < -0.39 is 0 Å². The summed E-state index contributed by atoms with van der Waals surface area (Å²) in [7, 11) is 1.94. The molecule has 5 heteroatoms. The molecule has 1 saturated heterocycles. The van der Waals surface area contributed by atoms with Crippen LogP contribution in [0.25, 0.3) is 0 Å². The molecule has 1 aliphatic heterocycles. The Morgan fingerprint density at radius 2 is 2.25 bits per heavy atom. The molecular weight excluding hydrogens is 274 g/mol. The largest absolute Gasteiger partial charge is 0.353 e. The zero-order valence-corrected chi connectivity index (χ0v) is 12.5. The highest BCUT2D eigenvalue weighted by molar-refractivity contribution is 6.32. The van der Waals surface area contributed by atoms with E-state index >= 15 is 0 Å². The van der Waals surface area contributed by atoms with E-state index in [1.165, 1.54) is 0 Å². The van der Waals surface area contributed by atoms with Crippen molar-refractivity contribution in [3.05, 3.63) is 23.4 Å². The van der Waals surface area contributed by atoms with Gasteiger partial charge < -0.3 is 9.80 Å². The first kappa shape index (κ1) is 13.7. The molecule has 1 aliphatic carbocycles. The summed E-state index contributed by atoms with van der Waals surface area (Å²) in [6.07, 6.45) is 6.02. The Morgan fingerprint density at radius 1 is 1.45 bits per heavy atom. The lowest BCUT2D eigenvalue weighted by Crippen LogP contribution is -2.49. The number of carbonyl (C=O) groups excluding carboxylic acids is 1. The summed E-state index contributed by atoms with van der Waals surface area (Å²) in [4.78, 5) is 20.7. The van der Waals surface area contributed by atoms with Crippen LogP contribution < -0.4 is 4.90 Å². The molecule has 1 aromatic heterocycles. The summed E-state index contributed by atoms with van der Waals surface area (Å²) < 4.78 is 0. The van der Waals surface area contributed by atoms with Crippen molar-refractivity contribution < 1.29 is 4.79 Å². The van der Waals surface area contributed by atoms with Crippen molar-refractivity contribution in [1.82, 2.24) is 9.88 Å². The fourth-order valence-corrected chi connectivity index (χ4v) is 3.11. The summed E-state index contributed by atoms with van der Waals surface area (Å²) in [6, 6.07) is 3.98. The monoisotopic (exact) mass is 293 g/mol. The van der Waals surface area contributed by atoms with Crippen LogP contribution in [-0.2, 0) is 4.79 Å². The lowest BCUT2D eigenvalue weighted by Gasteiger charge is -2.38. The van der Waals surface area contributed by atoms with E-state index in [2.05, 4.69) is 9.88 Å². The second kappa shape index (κ2) is 5.60. The summed E-state index contributed by atoms with van der Waals surface area (Å²) in [6.45, 7) is 1.78. The minimum atomic E-state index is 0.273. The van der Waals surface area contributed by atoms with Gasteiger partial charge in [-0.25, -0.2) is 4.98 Å². The zero-order chi connectivity index (χ0) is 14.1. The van der Waals surface area contributed by atoms with Crippen LogP contribution in [0.4, 0.5) is 5.82 Å². The maximum atomic E-state index is 12.2. The van der Waals surface area contributed by atoms with Gasteiger partial charge in [-0.1, -0.05) is 11.6 Å². The molecule has 2 aliphatic rings. The molecule has 0 N–H and O–H groups in total. The van der Waals surface area contributed by atoms with Crippen molar-refractivity contribution in [2.45, 2.75) is 31.7 Å². The van der Waals surface area contributed by atoms with Crippen LogP contribution in [-0.4, -0.2) is 42.0 Å². The van der Waals surface area contributed by atoms with Gasteiger partial charge in [0.15, 0.2) is 0 Å². The molecule has 1 unspecified atom stereocenters. The molecule has 2 fully saturated rings. The minimum absolute atomic E-state index is 0.273. The molecule has 2 heterocycles. The van der Waals surface area contributed by atoms with Crippen molar-refractivity contribution in [2.24, 2.45) is 5.92 Å². The maximum absolute atomic E-state index is 12.2. The normalized spacial score (nSPS) is 22.7. The highest BCUT2D eigenvalue weighted by atomic mass is 35.5. The molecule has 1 saturated carbocycles. The number of piperidine rings is 1. The third-order valence-corrected chi connectivity index (χ3v) is 4.55. The van der Waals surface area contributed by atoms with Gasteiger partial charge in [0.2, 0.25) is 5.91 Å². The molecular formula is C15H20ClN3O. The van der Waals surface area contributed by atoms with Crippen molar-refractivity contribution >= 4 is 23.3 Å². The Labute approximate surface area is 124 Å². The van der Waals surface area contributed by atoms with Crippen molar-refractivity contribution in [1.29, 1.82) is 0 Å². The second-order valence-electron chi connectivity index (χ2n) is 5.77. The smallest absolute Gasteiger partial charge is 0.225 e. The first-order valence-electron chi connectivity index (χ1n) is 7.29. The first-order chi connectivity index (χ1) is 9.66. The van der Waals surface area contributed by atoms with E-state index in [0.29, 0.717) is 10.9 Å². The zero-order valence-electron chi connectivity index (χ0n) is 11.8. The number of rotatable bonds is 3. The molecule has 0 spiro atoms.